The van der Waals surface area contributed by atoms with Crippen molar-refractivity contribution >= 4 is 29.5 Å². The van der Waals surface area contributed by atoms with E-state index in [4.69, 9.17) is 23.6 Å². The van der Waals surface area contributed by atoms with Gasteiger partial charge in [-0.05, 0) is 61.1 Å². The van der Waals surface area contributed by atoms with E-state index in [-0.39, 0.29) is 35.3 Å². The second-order valence-corrected chi connectivity index (χ2v) is 17.1. The summed E-state index contributed by atoms with van der Waals surface area (Å²) in [5.74, 6) is -0.772. The van der Waals surface area contributed by atoms with Crippen LogP contribution in [0.3, 0.4) is 0 Å². The molecule has 0 fully saturated rings. The number of nitrogens with zero attached hydrogens (tertiary/aromatic N) is 3. The lowest BCUT2D eigenvalue weighted by Crippen LogP contribution is -2.26. The molecule has 52 heavy (non-hydrogen) atoms. The van der Waals surface area contributed by atoms with Gasteiger partial charge in [-0.25, -0.2) is 14.6 Å². The third-order valence-electron chi connectivity index (χ3n) is 7.46. The molecule has 0 bridgehead atoms. The third kappa shape index (κ3) is 10.3. The van der Waals surface area contributed by atoms with Gasteiger partial charge >= 0.3 is 24.9 Å². The van der Waals surface area contributed by atoms with E-state index in [0.29, 0.717) is 22.4 Å². The minimum absolute atomic E-state index is 0.0211. The molecule has 0 saturated carbocycles. The third-order valence-corrected chi connectivity index (χ3v) is 9.94. The van der Waals surface area contributed by atoms with E-state index in [0.717, 1.165) is 11.6 Å². The van der Waals surface area contributed by atoms with Crippen LogP contribution in [0.25, 0.3) is 11.3 Å². The maximum Gasteiger partial charge on any atom is 0.409 e. The normalized spacial score (nSPS) is 13.4. The molecule has 0 amide bonds. The molecule has 0 radical (unpaired) electrons. The average molecular weight is 805 g/mol. The second kappa shape index (κ2) is 16.8. The molecule has 15 heteroatoms. The number of carbonyl (C=O) groups is 1. The molecule has 0 spiro atoms. The standard InChI is InChI=1S/C37H41BrF2N3O8P/c1-35(2,3)23-48-49-25-51-52(46,50-24-47-33(44)36(4,5)6)37(39,40)30-17-14-28(18-31(30)38)21-43-32(29-15-12-26(19-41)13-16-29)22-42(34(43)45)20-27-10-8-7-9-11-27/h7-18,22H,20-21,23-25H2,1-6H3. The highest BCUT2D eigenvalue weighted by molar-refractivity contribution is 9.10. The average Bonchev–Trinajstić information content (AvgIpc) is 3.37. The van der Waals surface area contributed by atoms with Crippen molar-refractivity contribution in [3.63, 3.8) is 0 Å². The van der Waals surface area contributed by atoms with E-state index in [1.807, 2.05) is 51.1 Å². The van der Waals surface area contributed by atoms with Crippen LogP contribution < -0.4 is 5.69 Å². The summed E-state index contributed by atoms with van der Waals surface area (Å²) >= 11 is 3.19. The van der Waals surface area contributed by atoms with Crippen LogP contribution in [0.5, 0.6) is 0 Å². The Hall–Kier alpha value is -3.96. The van der Waals surface area contributed by atoms with E-state index < -0.39 is 43.8 Å². The summed E-state index contributed by atoms with van der Waals surface area (Å²) < 4.78 is 64.1. The van der Waals surface area contributed by atoms with E-state index in [2.05, 4.69) is 22.0 Å². The molecule has 1 atom stereocenters. The first-order valence-electron chi connectivity index (χ1n) is 16.2. The van der Waals surface area contributed by atoms with Crippen LogP contribution in [0.4, 0.5) is 8.78 Å². The van der Waals surface area contributed by atoms with Crippen LogP contribution in [-0.2, 0) is 51.7 Å². The zero-order chi connectivity index (χ0) is 38.3. The van der Waals surface area contributed by atoms with Gasteiger partial charge in [-0.2, -0.15) is 14.0 Å². The van der Waals surface area contributed by atoms with Crippen molar-refractivity contribution < 1.29 is 41.7 Å². The molecule has 4 aromatic rings. The summed E-state index contributed by atoms with van der Waals surface area (Å²) in [6.07, 6.45) is 1.71. The lowest BCUT2D eigenvalue weighted by atomic mass is 9.98. The number of alkyl halides is 2. The summed E-state index contributed by atoms with van der Waals surface area (Å²) in [7, 11) is -5.46. The van der Waals surface area contributed by atoms with Crippen molar-refractivity contribution in [3.05, 3.63) is 116 Å². The largest absolute Gasteiger partial charge is 0.438 e. The highest BCUT2D eigenvalue weighted by Crippen LogP contribution is 2.67. The van der Waals surface area contributed by atoms with Crippen molar-refractivity contribution in [2.24, 2.45) is 10.8 Å². The Labute approximate surface area is 309 Å². The smallest absolute Gasteiger partial charge is 0.409 e. The van der Waals surface area contributed by atoms with Gasteiger partial charge in [0, 0.05) is 16.2 Å². The molecular weight excluding hydrogens is 763 g/mol. The number of esters is 1. The van der Waals surface area contributed by atoms with Crippen LogP contribution in [0.1, 0.15) is 63.8 Å². The second-order valence-electron chi connectivity index (χ2n) is 14.2. The first-order valence-corrected chi connectivity index (χ1v) is 18.5. The number of halogens is 3. The molecule has 0 N–H and O–H groups in total. The molecule has 1 heterocycles. The van der Waals surface area contributed by atoms with Crippen LogP contribution in [-0.4, -0.2) is 35.3 Å². The first-order chi connectivity index (χ1) is 24.3. The van der Waals surface area contributed by atoms with Gasteiger partial charge in [-0.3, -0.25) is 27.5 Å². The molecule has 11 nitrogen and oxygen atoms in total. The van der Waals surface area contributed by atoms with E-state index >= 15 is 8.78 Å². The Balaban J connectivity index is 1.65. The monoisotopic (exact) mass is 803 g/mol. The maximum absolute atomic E-state index is 16.2. The van der Waals surface area contributed by atoms with E-state index in [9.17, 15) is 19.4 Å². The quantitative estimate of drug-likeness (QED) is 0.0289. The Bertz CT molecular complexity index is 2000. The summed E-state index contributed by atoms with van der Waals surface area (Å²) in [6, 6.07) is 22.0. The van der Waals surface area contributed by atoms with Crippen molar-refractivity contribution in [2.75, 3.05) is 20.2 Å². The zero-order valence-electron chi connectivity index (χ0n) is 29.7. The number of benzene rings is 3. The van der Waals surface area contributed by atoms with Gasteiger partial charge in [0.1, 0.15) is 0 Å². The van der Waals surface area contributed by atoms with Crippen molar-refractivity contribution in [2.45, 2.75) is 60.3 Å². The van der Waals surface area contributed by atoms with Gasteiger partial charge in [0.15, 0.2) is 6.79 Å². The zero-order valence-corrected chi connectivity index (χ0v) is 32.2. The highest BCUT2D eigenvalue weighted by atomic mass is 79.9. The molecule has 0 aliphatic heterocycles. The lowest BCUT2D eigenvalue weighted by Gasteiger charge is -2.27. The van der Waals surface area contributed by atoms with Gasteiger partial charge < -0.3 is 4.74 Å². The van der Waals surface area contributed by atoms with Crippen LogP contribution in [0, 0.1) is 22.2 Å². The number of carbonyl (C=O) groups excluding carboxylic acids is 1. The molecular formula is C37H41BrF2N3O8P. The van der Waals surface area contributed by atoms with E-state index in [1.54, 1.807) is 55.8 Å². The van der Waals surface area contributed by atoms with Crippen LogP contribution in [0.2, 0.25) is 0 Å². The van der Waals surface area contributed by atoms with Crippen molar-refractivity contribution in [1.82, 2.24) is 9.13 Å². The number of aromatic nitrogens is 2. The summed E-state index contributed by atoms with van der Waals surface area (Å²) in [5.41, 5.74) is -3.68. The minimum Gasteiger partial charge on any atom is -0.438 e. The number of hydrogen-bond donors (Lipinski definition) is 0. The first kappa shape index (κ1) is 40.8. The number of ether oxygens (including phenoxy) is 1. The predicted molar refractivity (Wildman–Crippen MR) is 193 cm³/mol. The Kier molecular flexibility index (Phi) is 13.2. The molecule has 0 saturated heterocycles. The molecule has 4 rings (SSSR count). The fraction of sp³-hybridized carbons (Fsp3) is 0.378. The number of nitriles is 1. The predicted octanol–water partition coefficient (Wildman–Crippen LogP) is 8.82. The van der Waals surface area contributed by atoms with Crippen LogP contribution >= 0.6 is 23.5 Å². The Morgan fingerprint density at radius 2 is 1.54 bits per heavy atom. The van der Waals surface area contributed by atoms with Crippen molar-refractivity contribution in [1.29, 1.82) is 5.26 Å². The fourth-order valence-corrected chi connectivity index (χ4v) is 6.75. The Morgan fingerprint density at radius 3 is 2.13 bits per heavy atom. The van der Waals surface area contributed by atoms with Gasteiger partial charge in [-0.1, -0.05) is 91.3 Å². The maximum atomic E-state index is 16.2. The minimum atomic E-state index is -5.46. The van der Waals surface area contributed by atoms with E-state index in [1.165, 1.54) is 16.7 Å². The van der Waals surface area contributed by atoms with Crippen molar-refractivity contribution in [3.8, 4) is 17.3 Å². The summed E-state index contributed by atoms with van der Waals surface area (Å²) in [5, 5.41) is 9.27. The highest BCUT2D eigenvalue weighted by Gasteiger charge is 2.56. The molecule has 1 aromatic heterocycles. The van der Waals surface area contributed by atoms with Gasteiger partial charge in [-0.15, -0.1) is 0 Å². The number of imidazole rings is 1. The van der Waals surface area contributed by atoms with Crippen LogP contribution in [0.15, 0.2) is 88.3 Å². The lowest BCUT2D eigenvalue weighted by molar-refractivity contribution is -0.335. The molecule has 278 valence electrons. The summed E-state index contributed by atoms with van der Waals surface area (Å²) in [4.78, 5) is 35.9. The van der Waals surface area contributed by atoms with Gasteiger partial charge in [0.05, 0.1) is 42.4 Å². The molecule has 1 unspecified atom stereocenters. The molecule has 0 aliphatic carbocycles. The van der Waals surface area contributed by atoms with Gasteiger partial charge in [0.25, 0.3) is 0 Å². The molecule has 0 aliphatic rings. The molecule has 3 aromatic carbocycles. The SMILES string of the molecule is CC(C)(C)COOCOP(=O)(OCOC(=O)C(C)(C)C)C(F)(F)c1ccc(Cn2c(-c3ccc(C#N)cc3)cn(Cc3ccccc3)c2=O)cc1Br. The fourth-order valence-electron chi connectivity index (χ4n) is 4.66. The Morgan fingerprint density at radius 1 is 0.885 bits per heavy atom. The van der Waals surface area contributed by atoms with Gasteiger partial charge in [0.2, 0.25) is 6.79 Å². The number of hydrogen-bond acceptors (Lipinski definition) is 9. The topological polar surface area (TPSA) is 131 Å². The number of rotatable bonds is 15. The summed E-state index contributed by atoms with van der Waals surface area (Å²) in [6.45, 7) is 8.52.